The molecule has 0 fully saturated rings. The quantitative estimate of drug-likeness (QED) is 0.767. The van der Waals surface area contributed by atoms with Crippen LogP contribution >= 0.6 is 0 Å². The summed E-state index contributed by atoms with van der Waals surface area (Å²) in [6.07, 6.45) is 1.92. The Bertz CT molecular complexity index is 575. The summed E-state index contributed by atoms with van der Waals surface area (Å²) in [6, 6.07) is 6.77. The molecule has 0 unspecified atom stereocenters. The average Bonchev–Trinajstić information content (AvgIpc) is 2.28. The van der Waals surface area contributed by atoms with Gasteiger partial charge in [-0.1, -0.05) is 19.1 Å². The van der Waals surface area contributed by atoms with E-state index in [1.54, 1.807) is 18.2 Å². The lowest BCUT2D eigenvalue weighted by Crippen LogP contribution is -2.20. The van der Waals surface area contributed by atoms with Gasteiger partial charge in [-0.15, -0.1) is 0 Å². The molecular weight excluding hydrogens is 212 g/mol. The van der Waals surface area contributed by atoms with E-state index >= 15 is 0 Å². The SMILES string of the molecule is CCc1cccc2c(=O)n(C(F)F)ccc12. The first kappa shape index (κ1) is 10.8. The number of fused-ring (bicyclic) bond motifs is 1. The lowest BCUT2D eigenvalue weighted by molar-refractivity contribution is 0.0669. The Hall–Kier alpha value is -1.71. The Kier molecular flexibility index (Phi) is 2.73. The summed E-state index contributed by atoms with van der Waals surface area (Å²) >= 11 is 0. The van der Waals surface area contributed by atoms with E-state index in [0.717, 1.165) is 23.6 Å². The fourth-order valence-corrected chi connectivity index (χ4v) is 1.82. The number of hydrogen-bond donors (Lipinski definition) is 0. The first-order chi connectivity index (χ1) is 7.65. The van der Waals surface area contributed by atoms with Gasteiger partial charge >= 0.3 is 6.55 Å². The first-order valence-corrected chi connectivity index (χ1v) is 5.06. The van der Waals surface area contributed by atoms with Gasteiger partial charge in [-0.2, -0.15) is 8.78 Å². The summed E-state index contributed by atoms with van der Waals surface area (Å²) in [7, 11) is 0. The molecule has 2 aromatic rings. The van der Waals surface area contributed by atoms with E-state index in [-0.39, 0.29) is 0 Å². The second-order valence-corrected chi connectivity index (χ2v) is 3.54. The molecule has 0 atom stereocenters. The van der Waals surface area contributed by atoms with Crippen molar-refractivity contribution in [3.63, 3.8) is 0 Å². The fraction of sp³-hybridized carbons (Fsp3) is 0.250. The number of aromatic nitrogens is 1. The highest BCUT2D eigenvalue weighted by Gasteiger charge is 2.10. The van der Waals surface area contributed by atoms with E-state index in [1.165, 1.54) is 0 Å². The van der Waals surface area contributed by atoms with Crippen LogP contribution in [0.3, 0.4) is 0 Å². The maximum atomic E-state index is 12.5. The monoisotopic (exact) mass is 223 g/mol. The average molecular weight is 223 g/mol. The third-order valence-electron chi connectivity index (χ3n) is 2.65. The smallest absolute Gasteiger partial charge is 0.269 e. The molecule has 0 saturated heterocycles. The highest BCUT2D eigenvalue weighted by molar-refractivity contribution is 5.84. The van der Waals surface area contributed by atoms with Crippen LogP contribution in [0.15, 0.2) is 35.3 Å². The van der Waals surface area contributed by atoms with Gasteiger partial charge in [0.15, 0.2) is 0 Å². The van der Waals surface area contributed by atoms with Crippen molar-refractivity contribution < 1.29 is 8.78 Å². The van der Waals surface area contributed by atoms with E-state index < -0.39 is 12.1 Å². The summed E-state index contributed by atoms with van der Waals surface area (Å²) in [4.78, 5) is 11.7. The van der Waals surface area contributed by atoms with Crippen molar-refractivity contribution in [1.29, 1.82) is 0 Å². The van der Waals surface area contributed by atoms with Gasteiger partial charge in [-0.05, 0) is 29.5 Å². The summed E-state index contributed by atoms with van der Waals surface area (Å²) in [5, 5.41) is 1.11. The molecule has 0 aliphatic carbocycles. The van der Waals surface area contributed by atoms with E-state index in [4.69, 9.17) is 0 Å². The van der Waals surface area contributed by atoms with Crippen molar-refractivity contribution in [3.8, 4) is 0 Å². The van der Waals surface area contributed by atoms with E-state index in [9.17, 15) is 13.6 Å². The van der Waals surface area contributed by atoms with Crippen LogP contribution in [-0.2, 0) is 6.42 Å². The number of nitrogens with zero attached hydrogens (tertiary/aromatic N) is 1. The van der Waals surface area contributed by atoms with Crippen LogP contribution in [0.2, 0.25) is 0 Å². The highest BCUT2D eigenvalue weighted by Crippen LogP contribution is 2.17. The Morgan fingerprint density at radius 1 is 1.25 bits per heavy atom. The summed E-state index contributed by atoms with van der Waals surface area (Å²) in [5.74, 6) is 0. The van der Waals surface area contributed by atoms with Gasteiger partial charge in [0.2, 0.25) is 0 Å². The number of rotatable bonds is 2. The van der Waals surface area contributed by atoms with Gasteiger partial charge in [-0.25, -0.2) is 0 Å². The largest absolute Gasteiger partial charge is 0.321 e. The van der Waals surface area contributed by atoms with Crippen molar-refractivity contribution in [3.05, 3.63) is 46.4 Å². The summed E-state index contributed by atoms with van der Waals surface area (Å²) in [5.41, 5.74) is 0.360. The fourth-order valence-electron chi connectivity index (χ4n) is 1.82. The summed E-state index contributed by atoms with van der Waals surface area (Å²) < 4.78 is 25.4. The molecule has 0 aliphatic rings. The number of benzene rings is 1. The Morgan fingerprint density at radius 2 is 2.00 bits per heavy atom. The van der Waals surface area contributed by atoms with Crippen molar-refractivity contribution in [2.45, 2.75) is 19.9 Å². The van der Waals surface area contributed by atoms with Gasteiger partial charge in [0.1, 0.15) is 0 Å². The molecule has 2 rings (SSSR count). The zero-order chi connectivity index (χ0) is 11.7. The van der Waals surface area contributed by atoms with Gasteiger partial charge < -0.3 is 0 Å². The molecule has 84 valence electrons. The molecule has 2 nitrogen and oxygen atoms in total. The van der Waals surface area contributed by atoms with Crippen LogP contribution in [0.5, 0.6) is 0 Å². The van der Waals surface area contributed by atoms with Gasteiger partial charge in [0.25, 0.3) is 5.56 Å². The number of alkyl halides is 2. The molecule has 0 radical (unpaired) electrons. The van der Waals surface area contributed by atoms with Crippen LogP contribution in [0.4, 0.5) is 8.78 Å². The molecule has 4 heteroatoms. The van der Waals surface area contributed by atoms with E-state index in [1.807, 2.05) is 13.0 Å². The molecule has 1 heterocycles. The normalized spacial score (nSPS) is 11.2. The predicted octanol–water partition coefficient (Wildman–Crippen LogP) is 2.96. The van der Waals surface area contributed by atoms with Crippen LogP contribution in [-0.4, -0.2) is 4.57 Å². The maximum absolute atomic E-state index is 12.5. The molecule has 0 spiro atoms. The molecule has 16 heavy (non-hydrogen) atoms. The van der Waals surface area contributed by atoms with Crippen LogP contribution < -0.4 is 5.56 Å². The minimum Gasteiger partial charge on any atom is -0.269 e. The van der Waals surface area contributed by atoms with E-state index in [2.05, 4.69) is 0 Å². The van der Waals surface area contributed by atoms with Gasteiger partial charge in [-0.3, -0.25) is 9.36 Å². The van der Waals surface area contributed by atoms with Crippen LogP contribution in [0.25, 0.3) is 10.8 Å². The molecule has 0 aliphatic heterocycles. The zero-order valence-electron chi connectivity index (χ0n) is 8.78. The van der Waals surface area contributed by atoms with Crippen molar-refractivity contribution >= 4 is 10.8 Å². The second-order valence-electron chi connectivity index (χ2n) is 3.54. The van der Waals surface area contributed by atoms with Crippen molar-refractivity contribution in [2.75, 3.05) is 0 Å². The minimum atomic E-state index is -2.79. The second kappa shape index (κ2) is 4.04. The molecule has 0 saturated carbocycles. The Labute approximate surface area is 91.1 Å². The number of halogens is 2. The van der Waals surface area contributed by atoms with Crippen LogP contribution in [0, 0.1) is 0 Å². The maximum Gasteiger partial charge on any atom is 0.321 e. The number of aryl methyl sites for hydroxylation is 1. The third kappa shape index (κ3) is 1.60. The third-order valence-corrected chi connectivity index (χ3v) is 2.65. The lowest BCUT2D eigenvalue weighted by atomic mass is 10.0. The topological polar surface area (TPSA) is 22.0 Å². The Morgan fingerprint density at radius 3 is 2.62 bits per heavy atom. The molecule has 1 aromatic carbocycles. The molecule has 0 amide bonds. The van der Waals surface area contributed by atoms with Crippen molar-refractivity contribution in [1.82, 2.24) is 4.57 Å². The van der Waals surface area contributed by atoms with Crippen LogP contribution in [0.1, 0.15) is 19.0 Å². The highest BCUT2D eigenvalue weighted by atomic mass is 19.3. The van der Waals surface area contributed by atoms with Crippen molar-refractivity contribution in [2.24, 2.45) is 0 Å². The number of pyridine rings is 1. The van der Waals surface area contributed by atoms with Gasteiger partial charge in [0, 0.05) is 11.6 Å². The standard InChI is InChI=1S/C12H11F2NO/c1-2-8-4-3-5-10-9(8)6-7-15(11(10)16)12(13)14/h3-7,12H,2H2,1H3. The minimum absolute atomic E-state index is 0.349. The zero-order valence-corrected chi connectivity index (χ0v) is 8.78. The predicted molar refractivity (Wildman–Crippen MR) is 58.8 cm³/mol. The van der Waals surface area contributed by atoms with Gasteiger partial charge in [0.05, 0.1) is 0 Å². The summed E-state index contributed by atoms with van der Waals surface area (Å²) in [6.45, 7) is -0.824. The lowest BCUT2D eigenvalue weighted by Gasteiger charge is -2.07. The number of hydrogen-bond acceptors (Lipinski definition) is 1. The molecular formula is C12H11F2NO. The molecule has 1 aromatic heterocycles. The molecule has 0 N–H and O–H groups in total. The Balaban J connectivity index is 2.82. The molecule has 0 bridgehead atoms. The van der Waals surface area contributed by atoms with E-state index in [0.29, 0.717) is 9.95 Å². The first-order valence-electron chi connectivity index (χ1n) is 5.06.